The molecule has 0 aliphatic carbocycles. The Morgan fingerprint density at radius 1 is 0.413 bits per heavy atom. The third-order valence-corrected chi connectivity index (χ3v) is 12.4. The second-order valence-electron chi connectivity index (χ2n) is 10.3. The molecule has 230 valence electrons. The van der Waals surface area contributed by atoms with Crippen molar-refractivity contribution in [2.45, 2.75) is 6.92 Å². The van der Waals surface area contributed by atoms with E-state index in [9.17, 15) is 0 Å². The zero-order chi connectivity index (χ0) is 29.3. The summed E-state index contributed by atoms with van der Waals surface area (Å²) >= 11 is 0. The van der Waals surface area contributed by atoms with Crippen molar-refractivity contribution in [3.63, 3.8) is 0 Å². The normalized spacial score (nSPS) is 10.2. The molecule has 7 aromatic carbocycles. The van der Waals surface area contributed by atoms with E-state index in [0.29, 0.717) is 0 Å². The minimum absolute atomic E-state index is 0. The Labute approximate surface area is 303 Å². The molecule has 46 heavy (non-hydrogen) atoms. The molecular weight excluding hydrogens is 704 g/mol. The third-order valence-electron chi connectivity index (χ3n) is 7.43. The SMILES string of the molecule is Cc1ccccc1-c1ccc[c-]1P(c1ccccc1)c1ccccc1.[Cl+].[Fe+2].[Ni+2].c1ccc(P(c2ccccc2)[c-]2cccc2)cc1. The Kier molecular flexibility index (Phi) is 15.4. The van der Waals surface area contributed by atoms with Crippen LogP contribution in [0.5, 0.6) is 0 Å². The van der Waals surface area contributed by atoms with E-state index < -0.39 is 15.8 Å². The van der Waals surface area contributed by atoms with Crippen LogP contribution in [0, 0.1) is 19.3 Å². The predicted octanol–water partition coefficient (Wildman–Crippen LogP) is 8.30. The zero-order valence-electron chi connectivity index (χ0n) is 25.3. The van der Waals surface area contributed by atoms with Gasteiger partial charge in [-0.25, -0.2) is 12.1 Å². The zero-order valence-corrected chi connectivity index (χ0v) is 30.0. The molecule has 0 saturated carbocycles. The van der Waals surface area contributed by atoms with Gasteiger partial charge in [-0.05, 0) is 28.1 Å². The molecule has 0 atom stereocenters. The van der Waals surface area contributed by atoms with Crippen LogP contribution in [0.3, 0.4) is 0 Å². The van der Waals surface area contributed by atoms with E-state index in [1.165, 1.54) is 48.5 Å². The summed E-state index contributed by atoms with van der Waals surface area (Å²) in [6.45, 7) is 2.19. The van der Waals surface area contributed by atoms with Crippen LogP contribution < -0.4 is 31.8 Å². The van der Waals surface area contributed by atoms with E-state index in [4.69, 9.17) is 0 Å². The van der Waals surface area contributed by atoms with E-state index in [1.54, 1.807) is 0 Å². The topological polar surface area (TPSA) is 0 Å². The smallest absolute Gasteiger partial charge is 0.213 e. The van der Waals surface area contributed by atoms with Gasteiger partial charge in [-0.3, -0.25) is 0 Å². The number of halogens is 1. The van der Waals surface area contributed by atoms with Crippen molar-refractivity contribution in [3.05, 3.63) is 194 Å². The molecule has 0 unspecified atom stereocenters. The quantitative estimate of drug-likeness (QED) is 0.0878. The van der Waals surface area contributed by atoms with Gasteiger partial charge in [0.2, 0.25) is 0 Å². The fraction of sp³-hybridized carbons (Fsp3) is 0.0244. The summed E-state index contributed by atoms with van der Waals surface area (Å²) in [5.41, 5.74) is 4.02. The number of hydrogen-bond acceptors (Lipinski definition) is 0. The van der Waals surface area contributed by atoms with E-state index in [1.807, 2.05) is 0 Å². The first-order valence-electron chi connectivity index (χ1n) is 14.6. The van der Waals surface area contributed by atoms with Gasteiger partial charge in [-0.2, -0.15) is 24.3 Å². The van der Waals surface area contributed by atoms with Crippen molar-refractivity contribution in [2.24, 2.45) is 0 Å². The van der Waals surface area contributed by atoms with Crippen LogP contribution in [0.15, 0.2) is 188 Å². The molecule has 2 radical (unpaired) electrons. The summed E-state index contributed by atoms with van der Waals surface area (Å²) in [5.74, 6) is 0. The first kappa shape index (κ1) is 37.4. The second kappa shape index (κ2) is 18.9. The van der Waals surface area contributed by atoms with Gasteiger partial charge in [-0.15, -0.1) is 16.9 Å². The van der Waals surface area contributed by atoms with E-state index in [0.717, 1.165) is 0 Å². The molecule has 0 saturated heterocycles. The first-order valence-corrected chi connectivity index (χ1v) is 17.3. The molecule has 0 aliphatic heterocycles. The van der Waals surface area contributed by atoms with Crippen molar-refractivity contribution >= 4 is 47.7 Å². The average Bonchev–Trinajstić information content (AvgIpc) is 3.78. The van der Waals surface area contributed by atoms with E-state index >= 15 is 0 Å². The average molecular weight is 739 g/mol. The number of rotatable bonds is 7. The van der Waals surface area contributed by atoms with E-state index in [2.05, 4.69) is 195 Å². The molecule has 0 aliphatic rings. The molecule has 0 amide bonds. The standard InChI is InChI=1S/C24H20P.C17H14P.Cl.Fe.Ni/c1-19-11-8-9-16-22(19)23-17-10-18-24(23)25(20-12-4-2-5-13-20)21-14-6-3-7-15-21;1-3-9-15(10-4-1)18(17-13-7-8-14-17)16-11-5-2-6-12-16;;;/h2-18H,1H3;1-14H;;;/q2*-1;+1;2*+2. The maximum Gasteiger partial charge on any atom is 2.00 e. The Bertz CT molecular complexity index is 1750. The minimum Gasteiger partial charge on any atom is -0.213 e. The summed E-state index contributed by atoms with van der Waals surface area (Å²) in [6, 6.07) is 67.5. The van der Waals surface area contributed by atoms with Gasteiger partial charge in [0.05, 0.1) is 0 Å². The maximum atomic E-state index is 2.30. The van der Waals surface area contributed by atoms with Gasteiger partial charge < -0.3 is 0 Å². The van der Waals surface area contributed by atoms with Gasteiger partial charge in [0, 0.05) is 0 Å². The molecule has 7 aromatic rings. The Balaban J connectivity index is 0.000000246. The monoisotopic (exact) mass is 737 g/mol. The summed E-state index contributed by atoms with van der Waals surface area (Å²) in [7, 11) is -0.975. The molecule has 0 aromatic heterocycles. The van der Waals surface area contributed by atoms with Crippen molar-refractivity contribution in [2.75, 3.05) is 0 Å². The van der Waals surface area contributed by atoms with Crippen LogP contribution in [-0.2, 0) is 33.6 Å². The fourth-order valence-corrected chi connectivity index (χ4v) is 10.2. The molecule has 0 bridgehead atoms. The Hall–Kier alpha value is -3.04. The van der Waals surface area contributed by atoms with Crippen LogP contribution in [-0.4, -0.2) is 0 Å². The first-order chi connectivity index (χ1) is 21.3. The van der Waals surface area contributed by atoms with Crippen molar-refractivity contribution in [1.82, 2.24) is 0 Å². The number of benzene rings is 5. The van der Waals surface area contributed by atoms with Gasteiger partial charge in [0.1, 0.15) is 0 Å². The van der Waals surface area contributed by atoms with Gasteiger partial charge in [0.25, 0.3) is 0 Å². The van der Waals surface area contributed by atoms with Crippen molar-refractivity contribution < 1.29 is 46.0 Å². The van der Waals surface area contributed by atoms with Gasteiger partial charge >= 0.3 is 46.0 Å². The van der Waals surface area contributed by atoms with E-state index in [-0.39, 0.29) is 46.0 Å². The Morgan fingerprint density at radius 3 is 1.24 bits per heavy atom. The van der Waals surface area contributed by atoms with Gasteiger partial charge in [-0.1, -0.05) is 178 Å². The number of aryl methyl sites for hydroxylation is 1. The fourth-order valence-electron chi connectivity index (χ4n) is 5.40. The minimum atomic E-state index is -0.566. The Morgan fingerprint density at radius 2 is 0.804 bits per heavy atom. The van der Waals surface area contributed by atoms with Crippen LogP contribution in [0.4, 0.5) is 0 Å². The maximum absolute atomic E-state index is 2.30. The third kappa shape index (κ3) is 9.06. The molecule has 7 rings (SSSR count). The molecular formula is C41H34ClFeNiP2+3. The number of hydrogen-bond donors (Lipinski definition) is 0. The van der Waals surface area contributed by atoms with Crippen LogP contribution in [0.25, 0.3) is 11.1 Å². The molecule has 0 fully saturated rings. The van der Waals surface area contributed by atoms with Crippen molar-refractivity contribution in [3.8, 4) is 11.1 Å². The largest absolute Gasteiger partial charge is 2.00 e. The molecule has 0 spiro atoms. The summed E-state index contributed by atoms with van der Waals surface area (Å²) in [6.07, 6.45) is 0. The summed E-state index contributed by atoms with van der Waals surface area (Å²) in [4.78, 5) is 0. The van der Waals surface area contributed by atoms with Crippen LogP contribution >= 0.6 is 15.8 Å². The van der Waals surface area contributed by atoms with Crippen molar-refractivity contribution in [1.29, 1.82) is 0 Å². The van der Waals surface area contributed by atoms with Gasteiger partial charge in [0.15, 0.2) is 0 Å². The molecule has 0 N–H and O–H groups in total. The summed E-state index contributed by atoms with van der Waals surface area (Å²) < 4.78 is 0. The second-order valence-corrected chi connectivity index (χ2v) is 14.7. The molecule has 5 heteroatoms. The van der Waals surface area contributed by atoms with Crippen LogP contribution in [0.1, 0.15) is 5.56 Å². The molecule has 0 nitrogen and oxygen atoms in total. The summed E-state index contributed by atoms with van der Waals surface area (Å²) in [5, 5.41) is 8.45. The predicted molar refractivity (Wildman–Crippen MR) is 192 cm³/mol. The molecule has 0 heterocycles. The van der Waals surface area contributed by atoms with Crippen LogP contribution in [0.2, 0.25) is 0 Å².